The number of carbonyl (C=O) groups excluding carboxylic acids is 1. The molecule has 0 heterocycles. The first-order chi connectivity index (χ1) is 10.3. The van der Waals surface area contributed by atoms with E-state index in [-0.39, 0.29) is 17.4 Å². The van der Waals surface area contributed by atoms with Crippen LogP contribution in [0.1, 0.15) is 45.4 Å². The van der Waals surface area contributed by atoms with Crippen LogP contribution in [-0.2, 0) is 18.9 Å². The van der Waals surface area contributed by atoms with Gasteiger partial charge in [-0.15, -0.1) is 4.33 Å². The predicted octanol–water partition coefficient (Wildman–Crippen LogP) is 3.80. The minimum atomic E-state index is -3.91. The van der Waals surface area contributed by atoms with Gasteiger partial charge in [-0.1, -0.05) is 12.0 Å². The Morgan fingerprint density at radius 3 is 2.50 bits per heavy atom. The summed E-state index contributed by atoms with van der Waals surface area (Å²) >= 11 is -0.577. The number of esters is 1. The normalized spacial score (nSPS) is 40.0. The third-order valence-electron chi connectivity index (χ3n) is 5.39. The maximum atomic E-state index is 13.4. The van der Waals surface area contributed by atoms with Crippen molar-refractivity contribution in [2.45, 2.75) is 50.7 Å². The zero-order valence-electron chi connectivity index (χ0n) is 12.3. The zero-order valence-corrected chi connectivity index (χ0v) is 13.2. The Balaban J connectivity index is 1.60. The van der Waals surface area contributed by atoms with Crippen molar-refractivity contribution in [2.24, 2.45) is 22.7 Å². The van der Waals surface area contributed by atoms with E-state index in [4.69, 9.17) is 9.99 Å². The molecule has 5 nitrogen and oxygen atoms in total. The number of hydrogen-bond acceptors (Lipinski definition) is 6. The van der Waals surface area contributed by atoms with Crippen LogP contribution in [0.25, 0.3) is 0 Å². The molecule has 22 heavy (non-hydrogen) atoms. The molecule has 126 valence electrons. The Labute approximate surface area is 131 Å². The molecule has 4 saturated carbocycles. The molecule has 4 bridgehead atoms. The molecule has 2 unspecified atom stereocenters. The smallest absolute Gasteiger partial charge is 0.415 e. The highest BCUT2D eigenvalue weighted by Gasteiger charge is 2.56. The van der Waals surface area contributed by atoms with Crippen LogP contribution in [0.15, 0.2) is 0 Å². The first kappa shape index (κ1) is 16.4. The lowest BCUT2D eigenvalue weighted by atomic mass is 9.45. The fourth-order valence-electron chi connectivity index (χ4n) is 5.49. The summed E-state index contributed by atoms with van der Waals surface area (Å²) in [6, 6.07) is 0. The minimum Gasteiger partial charge on any atom is -0.460 e. The van der Waals surface area contributed by atoms with Gasteiger partial charge in [0.05, 0.1) is 6.61 Å². The molecule has 0 aromatic heterocycles. The van der Waals surface area contributed by atoms with E-state index in [1.807, 2.05) is 0 Å². The Bertz CT molecular complexity index is 445. The second kappa shape index (κ2) is 5.58. The highest BCUT2D eigenvalue weighted by Crippen LogP contribution is 2.65. The number of hydrogen-bond donors (Lipinski definition) is 1. The first-order valence-electron chi connectivity index (χ1n) is 7.47. The van der Waals surface area contributed by atoms with Crippen molar-refractivity contribution in [1.82, 2.24) is 0 Å². The van der Waals surface area contributed by atoms with Gasteiger partial charge in [0.15, 0.2) is 0 Å². The van der Waals surface area contributed by atoms with Gasteiger partial charge >= 0.3 is 11.2 Å². The van der Waals surface area contributed by atoms with E-state index in [0.29, 0.717) is 11.8 Å². The molecule has 4 rings (SSSR count). The molecule has 4 fully saturated rings. The van der Waals surface area contributed by atoms with E-state index in [1.165, 1.54) is 19.3 Å². The lowest BCUT2D eigenvalue weighted by Crippen LogP contribution is -2.53. The highest BCUT2D eigenvalue weighted by molar-refractivity contribution is 7.96. The third-order valence-corrected chi connectivity index (χ3v) is 5.90. The quantitative estimate of drug-likeness (QED) is 0.344. The number of rotatable bonds is 6. The average molecular weight is 338 g/mol. The summed E-state index contributed by atoms with van der Waals surface area (Å²) in [5.41, 5.74) is 0.116. The van der Waals surface area contributed by atoms with Crippen molar-refractivity contribution in [1.29, 1.82) is 0 Å². The van der Waals surface area contributed by atoms with Gasteiger partial charge in [-0.05, 0) is 55.8 Å². The van der Waals surface area contributed by atoms with E-state index in [1.54, 1.807) is 0 Å². The fraction of sp³-hybridized carbons (Fsp3) is 0.929. The monoisotopic (exact) mass is 338 g/mol. The summed E-state index contributed by atoms with van der Waals surface area (Å²) in [4.78, 5) is 11.5. The summed E-state index contributed by atoms with van der Waals surface area (Å²) in [6.45, 7) is 2.29. The van der Waals surface area contributed by atoms with E-state index < -0.39 is 23.3 Å². The molecule has 4 aliphatic carbocycles. The molecular weight excluding hydrogens is 318 g/mol. The Hall–Kier alpha value is -0.440. The van der Waals surface area contributed by atoms with Crippen LogP contribution >= 0.6 is 12.0 Å². The van der Waals surface area contributed by atoms with Crippen LogP contribution in [0.4, 0.5) is 8.78 Å². The van der Waals surface area contributed by atoms with E-state index in [0.717, 1.165) is 19.3 Å². The summed E-state index contributed by atoms with van der Waals surface area (Å²) in [5.74, 6) is -0.396. The first-order valence-corrected chi connectivity index (χ1v) is 8.21. The summed E-state index contributed by atoms with van der Waals surface area (Å²) in [5, 5.41) is 7.08. The second-order valence-corrected chi connectivity index (χ2v) is 8.41. The largest absolute Gasteiger partial charge is 0.460 e. The average Bonchev–Trinajstić information content (AvgIpc) is 2.40. The van der Waals surface area contributed by atoms with Gasteiger partial charge in [-0.3, -0.25) is 0 Å². The molecule has 0 spiro atoms. The van der Waals surface area contributed by atoms with Gasteiger partial charge < -0.3 is 4.74 Å². The highest BCUT2D eigenvalue weighted by atomic mass is 32.2. The van der Waals surface area contributed by atoms with E-state index >= 15 is 0 Å². The van der Waals surface area contributed by atoms with Gasteiger partial charge in [0.1, 0.15) is 12.0 Å². The number of halogens is 2. The molecule has 0 aromatic rings. The van der Waals surface area contributed by atoms with Crippen molar-refractivity contribution in [3.05, 3.63) is 0 Å². The molecule has 2 atom stereocenters. The third kappa shape index (κ3) is 3.11. The number of carbonyl (C=O) groups is 1. The standard InChI is InChI=1S/C14H20F2O5S/c1-12-3-9-2-10(4-12)6-13(5-9,7-12)8-19-11(17)14(15,16)22-21-20-18/h9-10,18H,2-8H2,1H3. The fourth-order valence-corrected chi connectivity index (χ4v) is 5.73. The Kier molecular flexibility index (Phi) is 4.16. The Morgan fingerprint density at radius 2 is 1.95 bits per heavy atom. The molecule has 1 N–H and O–H groups in total. The molecule has 4 aliphatic rings. The topological polar surface area (TPSA) is 65.0 Å². The lowest BCUT2D eigenvalue weighted by molar-refractivity contribution is -0.433. The molecule has 0 saturated heterocycles. The van der Waals surface area contributed by atoms with Crippen LogP contribution in [0.5, 0.6) is 0 Å². The van der Waals surface area contributed by atoms with Crippen LogP contribution < -0.4 is 0 Å². The van der Waals surface area contributed by atoms with Crippen molar-refractivity contribution >= 4 is 18.0 Å². The lowest BCUT2D eigenvalue weighted by Gasteiger charge is -2.61. The Morgan fingerprint density at radius 1 is 1.32 bits per heavy atom. The number of ether oxygens (including phenoxy) is 1. The van der Waals surface area contributed by atoms with Crippen molar-refractivity contribution in [3.63, 3.8) is 0 Å². The van der Waals surface area contributed by atoms with Crippen LogP contribution in [0.2, 0.25) is 0 Å². The second-order valence-electron chi connectivity index (χ2n) is 7.59. The molecule has 0 radical (unpaired) electrons. The predicted molar refractivity (Wildman–Crippen MR) is 73.5 cm³/mol. The summed E-state index contributed by atoms with van der Waals surface area (Å²) in [7, 11) is 0. The minimum absolute atomic E-state index is 0.0323. The molecule has 0 aliphatic heterocycles. The maximum absolute atomic E-state index is 13.4. The van der Waals surface area contributed by atoms with Gasteiger partial charge in [-0.2, -0.15) is 8.78 Å². The van der Waals surface area contributed by atoms with Gasteiger partial charge in [0.25, 0.3) is 0 Å². The van der Waals surface area contributed by atoms with Crippen LogP contribution in [-0.4, -0.2) is 23.1 Å². The molecule has 0 amide bonds. The maximum Gasteiger partial charge on any atom is 0.415 e. The van der Waals surface area contributed by atoms with Crippen molar-refractivity contribution < 1.29 is 32.9 Å². The molecular formula is C14H20F2O5S. The molecule has 0 aromatic carbocycles. The van der Waals surface area contributed by atoms with Crippen LogP contribution in [0, 0.1) is 22.7 Å². The number of alkyl halides is 2. The van der Waals surface area contributed by atoms with Crippen molar-refractivity contribution in [3.8, 4) is 0 Å². The SMILES string of the molecule is CC12CC3CC(C1)CC(COC(=O)C(F)(F)SOOO)(C3)C2. The van der Waals surface area contributed by atoms with Gasteiger partial charge in [-0.25, -0.2) is 10.1 Å². The van der Waals surface area contributed by atoms with Gasteiger partial charge in [0.2, 0.25) is 0 Å². The molecule has 8 heteroatoms. The summed E-state index contributed by atoms with van der Waals surface area (Å²) in [6.07, 6.45) is 6.48. The van der Waals surface area contributed by atoms with Gasteiger partial charge in [0, 0.05) is 5.41 Å². The van der Waals surface area contributed by atoms with Crippen LogP contribution in [0.3, 0.4) is 0 Å². The van der Waals surface area contributed by atoms with E-state index in [9.17, 15) is 13.6 Å². The summed E-state index contributed by atoms with van der Waals surface area (Å²) < 4.78 is 35.4. The van der Waals surface area contributed by atoms with Crippen molar-refractivity contribution in [2.75, 3.05) is 6.61 Å². The zero-order chi connectivity index (χ0) is 16.0. The van der Waals surface area contributed by atoms with E-state index in [2.05, 4.69) is 16.3 Å².